The van der Waals surface area contributed by atoms with Gasteiger partial charge in [0, 0.05) is 27.7 Å². The number of anilines is 1. The predicted octanol–water partition coefficient (Wildman–Crippen LogP) is 6.15. The van der Waals surface area contributed by atoms with Crippen molar-refractivity contribution in [3.63, 3.8) is 0 Å². The molecule has 1 heterocycles. The minimum Gasteiger partial charge on any atom is -0.477 e. The van der Waals surface area contributed by atoms with Crippen molar-refractivity contribution in [3.8, 4) is 5.75 Å². The van der Waals surface area contributed by atoms with Crippen molar-refractivity contribution < 1.29 is 14.5 Å². The molecule has 0 saturated heterocycles. The zero-order valence-corrected chi connectivity index (χ0v) is 19.5. The molecule has 4 rings (SSSR count). The summed E-state index contributed by atoms with van der Waals surface area (Å²) in [6.45, 7) is 5.93. The Morgan fingerprint density at radius 2 is 1.67 bits per heavy atom. The predicted molar refractivity (Wildman–Crippen MR) is 129 cm³/mol. The van der Waals surface area contributed by atoms with Gasteiger partial charge in [-0.2, -0.15) is 0 Å². The number of para-hydroxylation sites is 3. The van der Waals surface area contributed by atoms with Crippen LogP contribution in [0.25, 0.3) is 0 Å². The fraction of sp³-hybridized carbons (Fsp3) is 0.269. The third-order valence-electron chi connectivity index (χ3n) is 6.27. The largest absolute Gasteiger partial charge is 0.477 e. The molecule has 0 saturated carbocycles. The van der Waals surface area contributed by atoms with Crippen molar-refractivity contribution >= 4 is 28.9 Å². The van der Waals surface area contributed by atoms with Crippen LogP contribution in [0.1, 0.15) is 38.3 Å². The smallest absolute Gasteiger partial charge is 0.310 e. The fourth-order valence-corrected chi connectivity index (χ4v) is 5.11. The topological polar surface area (TPSA) is 72.7 Å². The molecule has 1 amide bonds. The summed E-state index contributed by atoms with van der Waals surface area (Å²) in [5, 5.41) is 12.0. The quantitative estimate of drug-likeness (QED) is 0.335. The average molecular weight is 465 g/mol. The first-order valence-corrected chi connectivity index (χ1v) is 11.1. The Bertz CT molecular complexity index is 1210. The van der Waals surface area contributed by atoms with Crippen LogP contribution in [0.3, 0.4) is 0 Å². The van der Waals surface area contributed by atoms with Crippen LogP contribution < -0.4 is 9.64 Å². The minimum atomic E-state index is -0.536. The zero-order valence-electron chi connectivity index (χ0n) is 18.7. The SMILES string of the molecule is CC1(C)C[C@](C)(c2ccc(Cl)cc2)c2ccccc2N1C(=O)COc1ccccc1[N+](=O)[O-]. The van der Waals surface area contributed by atoms with Crippen LogP contribution in [-0.2, 0) is 10.2 Å². The molecule has 0 aromatic heterocycles. The van der Waals surface area contributed by atoms with Crippen LogP contribution in [0.15, 0.2) is 72.8 Å². The third-order valence-corrected chi connectivity index (χ3v) is 6.53. The van der Waals surface area contributed by atoms with Gasteiger partial charge in [0.2, 0.25) is 0 Å². The van der Waals surface area contributed by atoms with E-state index >= 15 is 0 Å². The molecule has 0 unspecified atom stereocenters. The summed E-state index contributed by atoms with van der Waals surface area (Å²) in [6.07, 6.45) is 0.676. The zero-order chi connectivity index (χ0) is 23.8. The van der Waals surface area contributed by atoms with Crippen LogP contribution in [0.5, 0.6) is 5.75 Å². The van der Waals surface area contributed by atoms with Gasteiger partial charge < -0.3 is 9.64 Å². The Morgan fingerprint density at radius 1 is 1.03 bits per heavy atom. The van der Waals surface area contributed by atoms with Gasteiger partial charge in [0.15, 0.2) is 12.4 Å². The van der Waals surface area contributed by atoms with Gasteiger partial charge in [-0.1, -0.05) is 61.0 Å². The van der Waals surface area contributed by atoms with E-state index in [0.717, 1.165) is 16.8 Å². The Hall–Kier alpha value is -3.38. The molecule has 0 bridgehead atoms. The molecule has 33 heavy (non-hydrogen) atoms. The first-order valence-electron chi connectivity index (χ1n) is 10.7. The van der Waals surface area contributed by atoms with Crippen molar-refractivity contribution in [2.24, 2.45) is 0 Å². The second-order valence-electron chi connectivity index (χ2n) is 9.09. The monoisotopic (exact) mass is 464 g/mol. The molecular formula is C26H25ClN2O4. The lowest BCUT2D eigenvalue weighted by Gasteiger charge is -2.51. The van der Waals surface area contributed by atoms with Gasteiger partial charge in [0.05, 0.1) is 4.92 Å². The molecule has 1 aliphatic rings. The highest BCUT2D eigenvalue weighted by atomic mass is 35.5. The first kappa shape index (κ1) is 22.8. The molecule has 3 aromatic carbocycles. The molecule has 6 nitrogen and oxygen atoms in total. The number of carbonyl (C=O) groups is 1. The van der Waals surface area contributed by atoms with Crippen LogP contribution in [0.2, 0.25) is 5.02 Å². The van der Waals surface area contributed by atoms with Gasteiger partial charge in [0.25, 0.3) is 5.91 Å². The first-order chi connectivity index (χ1) is 15.6. The lowest BCUT2D eigenvalue weighted by molar-refractivity contribution is -0.385. The number of amides is 1. The highest BCUT2D eigenvalue weighted by Crippen LogP contribution is 2.50. The minimum absolute atomic E-state index is 0.0740. The Kier molecular flexibility index (Phi) is 5.89. The van der Waals surface area contributed by atoms with Crippen LogP contribution >= 0.6 is 11.6 Å². The number of hydrogen-bond acceptors (Lipinski definition) is 4. The van der Waals surface area contributed by atoms with Gasteiger partial charge in [-0.25, -0.2) is 0 Å². The summed E-state index contributed by atoms with van der Waals surface area (Å²) < 4.78 is 5.62. The molecule has 0 N–H and O–H groups in total. The van der Waals surface area contributed by atoms with E-state index in [0.29, 0.717) is 11.4 Å². The fourth-order valence-electron chi connectivity index (χ4n) is 4.98. The van der Waals surface area contributed by atoms with Crippen LogP contribution in [0.4, 0.5) is 11.4 Å². The number of hydrogen-bond donors (Lipinski definition) is 0. The number of nitrogens with zero attached hydrogens (tertiary/aromatic N) is 2. The van der Waals surface area contributed by atoms with Gasteiger partial charge in [-0.15, -0.1) is 0 Å². The third kappa shape index (κ3) is 4.18. The number of benzene rings is 3. The molecular weight excluding hydrogens is 440 g/mol. The van der Waals surface area contributed by atoms with Gasteiger partial charge in [-0.3, -0.25) is 14.9 Å². The maximum absolute atomic E-state index is 13.4. The van der Waals surface area contributed by atoms with Crippen molar-refractivity contribution in [1.82, 2.24) is 0 Å². The molecule has 0 radical (unpaired) electrons. The number of rotatable bonds is 5. The summed E-state index contributed by atoms with van der Waals surface area (Å²) in [6, 6.07) is 21.8. The second kappa shape index (κ2) is 8.52. The summed E-state index contributed by atoms with van der Waals surface area (Å²) in [7, 11) is 0. The standard InChI is InChI=1S/C26H25ClN2O4/c1-25(2)17-26(3,18-12-14-19(27)15-13-18)20-8-4-5-9-21(20)28(25)24(30)16-33-23-11-7-6-10-22(23)29(31)32/h4-15H,16-17H2,1-3H3/t26-/m1/s1. The van der Waals surface area contributed by atoms with Gasteiger partial charge in [0.1, 0.15) is 0 Å². The van der Waals surface area contributed by atoms with E-state index in [4.69, 9.17) is 16.3 Å². The molecule has 0 fully saturated rings. The summed E-state index contributed by atoms with van der Waals surface area (Å²) in [4.78, 5) is 26.0. The maximum Gasteiger partial charge on any atom is 0.310 e. The molecule has 1 atom stereocenters. The van der Waals surface area contributed by atoms with E-state index in [1.807, 2.05) is 62.4 Å². The number of nitro groups is 1. The summed E-state index contributed by atoms with van der Waals surface area (Å²) in [5.74, 6) is -0.186. The van der Waals surface area contributed by atoms with Crippen molar-refractivity contribution in [1.29, 1.82) is 0 Å². The average Bonchev–Trinajstić information content (AvgIpc) is 2.77. The number of nitro benzene ring substituents is 1. The molecule has 7 heteroatoms. The lowest BCUT2D eigenvalue weighted by Crippen LogP contribution is -2.57. The van der Waals surface area contributed by atoms with Crippen molar-refractivity contribution in [2.75, 3.05) is 11.5 Å². The molecule has 1 aliphatic heterocycles. The van der Waals surface area contributed by atoms with Gasteiger partial charge >= 0.3 is 5.69 Å². The number of carbonyl (C=O) groups excluding carboxylic acids is 1. The maximum atomic E-state index is 13.4. The van der Waals surface area contributed by atoms with E-state index in [1.54, 1.807) is 17.0 Å². The Balaban J connectivity index is 1.69. The Labute approximate surface area is 197 Å². The summed E-state index contributed by atoms with van der Waals surface area (Å²) in [5.41, 5.74) is 1.93. The van der Waals surface area contributed by atoms with E-state index < -0.39 is 10.5 Å². The van der Waals surface area contributed by atoms with E-state index in [9.17, 15) is 14.9 Å². The number of halogens is 1. The van der Waals surface area contributed by atoms with E-state index in [2.05, 4.69) is 6.92 Å². The van der Waals surface area contributed by atoms with Crippen molar-refractivity contribution in [3.05, 3.63) is 99.1 Å². The van der Waals surface area contributed by atoms with E-state index in [-0.39, 0.29) is 29.4 Å². The van der Waals surface area contributed by atoms with Crippen LogP contribution in [0, 0.1) is 10.1 Å². The van der Waals surface area contributed by atoms with Crippen LogP contribution in [-0.4, -0.2) is 23.0 Å². The molecule has 170 valence electrons. The highest BCUT2D eigenvalue weighted by molar-refractivity contribution is 6.30. The second-order valence-corrected chi connectivity index (χ2v) is 9.52. The Morgan fingerprint density at radius 3 is 2.36 bits per heavy atom. The number of ether oxygens (including phenoxy) is 1. The highest BCUT2D eigenvalue weighted by Gasteiger charge is 2.47. The normalized spacial score (nSPS) is 19.0. The molecule has 0 aliphatic carbocycles. The van der Waals surface area contributed by atoms with Gasteiger partial charge in [-0.05, 0) is 55.7 Å². The molecule has 0 spiro atoms. The van der Waals surface area contributed by atoms with Crippen molar-refractivity contribution in [2.45, 2.75) is 38.1 Å². The number of fused-ring (bicyclic) bond motifs is 1. The molecule has 3 aromatic rings. The lowest BCUT2D eigenvalue weighted by atomic mass is 9.65. The van der Waals surface area contributed by atoms with E-state index in [1.165, 1.54) is 12.1 Å². The summed E-state index contributed by atoms with van der Waals surface area (Å²) >= 11 is 6.12.